The summed E-state index contributed by atoms with van der Waals surface area (Å²) >= 11 is 0. The number of ether oxygens (including phenoxy) is 1. The lowest BCUT2D eigenvalue weighted by Gasteiger charge is -2.34. The van der Waals surface area contributed by atoms with Crippen LogP contribution in [-0.4, -0.2) is 94.6 Å². The number of likely N-dealkylation sites (N-methyl/N-ethyl adjacent to an activating group) is 1. The van der Waals surface area contributed by atoms with Crippen LogP contribution >= 0.6 is 0 Å². The zero-order chi connectivity index (χ0) is 29.5. The van der Waals surface area contributed by atoms with E-state index in [9.17, 15) is 18.8 Å². The summed E-state index contributed by atoms with van der Waals surface area (Å²) in [5.41, 5.74) is 1.33. The molecule has 0 radical (unpaired) electrons. The van der Waals surface area contributed by atoms with Crippen LogP contribution in [0.25, 0.3) is 0 Å². The Kier molecular flexibility index (Phi) is 10.5. The molecule has 0 bridgehead atoms. The van der Waals surface area contributed by atoms with Gasteiger partial charge in [-0.2, -0.15) is 0 Å². The molecule has 2 aliphatic heterocycles. The summed E-state index contributed by atoms with van der Waals surface area (Å²) in [6.45, 7) is 7.92. The molecule has 1 unspecified atom stereocenters. The Morgan fingerprint density at radius 1 is 1.17 bits per heavy atom. The van der Waals surface area contributed by atoms with Crippen molar-refractivity contribution in [3.05, 3.63) is 53.4 Å². The number of fused-ring (bicyclic) bond motifs is 1. The Hall–Kier alpha value is -3.31. The second-order valence-corrected chi connectivity index (χ2v) is 11.0. The van der Waals surface area contributed by atoms with Crippen LogP contribution in [0.4, 0.5) is 4.39 Å². The first-order chi connectivity index (χ1) is 19.7. The first kappa shape index (κ1) is 30.6. The Bertz CT molecular complexity index is 1180. The number of hydrogen-bond acceptors (Lipinski definition) is 6. The lowest BCUT2D eigenvalue weighted by molar-refractivity contribution is -0.141. The molecule has 0 saturated carbocycles. The molecular weight excluding hydrogens is 527 g/mol. The highest BCUT2D eigenvalue weighted by atomic mass is 19.1. The number of hydrogen-bond donors (Lipinski definition) is 2. The fourth-order valence-corrected chi connectivity index (χ4v) is 5.61. The summed E-state index contributed by atoms with van der Waals surface area (Å²) in [4.78, 5) is 48.6. The quantitative estimate of drug-likeness (QED) is 0.382. The van der Waals surface area contributed by atoms with Crippen molar-refractivity contribution in [1.29, 1.82) is 0 Å². The summed E-state index contributed by atoms with van der Waals surface area (Å²) in [6, 6.07) is 4.75. The molecule has 0 spiro atoms. The van der Waals surface area contributed by atoms with Gasteiger partial charge in [-0.05, 0) is 71.2 Å². The highest BCUT2D eigenvalue weighted by Crippen LogP contribution is 2.23. The number of carbonyl (C=O) groups is 3. The van der Waals surface area contributed by atoms with E-state index >= 15 is 0 Å². The van der Waals surface area contributed by atoms with E-state index in [1.54, 1.807) is 42.8 Å². The normalized spacial score (nSPS) is 18.6. The van der Waals surface area contributed by atoms with Crippen LogP contribution in [0.15, 0.2) is 30.5 Å². The number of amides is 3. The number of imidazole rings is 1. The van der Waals surface area contributed by atoms with E-state index in [2.05, 4.69) is 15.6 Å². The summed E-state index contributed by atoms with van der Waals surface area (Å²) in [5, 5.41) is 5.79. The molecular formula is C30H43FN6O4. The molecule has 1 fully saturated rings. The number of benzene rings is 1. The predicted octanol–water partition coefficient (Wildman–Crippen LogP) is 2.16. The van der Waals surface area contributed by atoms with Crippen LogP contribution in [0.3, 0.4) is 0 Å². The van der Waals surface area contributed by atoms with Gasteiger partial charge >= 0.3 is 0 Å². The zero-order valence-corrected chi connectivity index (χ0v) is 24.6. The highest BCUT2D eigenvalue weighted by molar-refractivity contribution is 5.93. The maximum Gasteiger partial charge on any atom is 0.274 e. The van der Waals surface area contributed by atoms with Crippen molar-refractivity contribution in [3.8, 4) is 0 Å². The topological polar surface area (TPSA) is 109 Å². The smallest absolute Gasteiger partial charge is 0.274 e. The van der Waals surface area contributed by atoms with Crippen LogP contribution < -0.4 is 10.6 Å². The average Bonchev–Trinajstić information content (AvgIpc) is 3.70. The first-order valence-electron chi connectivity index (χ1n) is 14.7. The van der Waals surface area contributed by atoms with E-state index in [1.807, 2.05) is 17.7 Å². The van der Waals surface area contributed by atoms with E-state index in [0.717, 1.165) is 43.6 Å². The molecule has 1 saturated heterocycles. The van der Waals surface area contributed by atoms with Gasteiger partial charge in [0.25, 0.3) is 5.91 Å². The molecule has 3 amide bonds. The van der Waals surface area contributed by atoms with Gasteiger partial charge in [-0.15, -0.1) is 0 Å². The van der Waals surface area contributed by atoms with Crippen molar-refractivity contribution in [1.82, 2.24) is 30.0 Å². The largest absolute Gasteiger partial charge is 0.376 e. The molecule has 0 aliphatic carbocycles. The number of carbonyl (C=O) groups excluding carboxylic acids is 3. The third-order valence-corrected chi connectivity index (χ3v) is 8.13. The Morgan fingerprint density at radius 3 is 2.61 bits per heavy atom. The molecule has 1 aromatic heterocycles. The Labute approximate surface area is 241 Å². The van der Waals surface area contributed by atoms with Gasteiger partial charge in [-0.25, -0.2) is 9.37 Å². The average molecular weight is 571 g/mol. The van der Waals surface area contributed by atoms with Gasteiger partial charge in [-0.3, -0.25) is 14.4 Å². The molecule has 3 heterocycles. The monoisotopic (exact) mass is 570 g/mol. The number of aryl methyl sites for hydroxylation is 2. The molecule has 4 atom stereocenters. The van der Waals surface area contributed by atoms with Gasteiger partial charge in [0.2, 0.25) is 11.8 Å². The van der Waals surface area contributed by atoms with Gasteiger partial charge in [0.1, 0.15) is 23.4 Å². The number of likely N-dealkylation sites (tertiary alicyclic amines) is 1. The molecule has 11 heteroatoms. The Morgan fingerprint density at radius 2 is 1.93 bits per heavy atom. The maximum absolute atomic E-state index is 13.9. The lowest BCUT2D eigenvalue weighted by Crippen LogP contribution is -2.58. The summed E-state index contributed by atoms with van der Waals surface area (Å²) in [6.07, 6.45) is 5.26. The lowest BCUT2D eigenvalue weighted by atomic mass is 10.1. The van der Waals surface area contributed by atoms with Crippen molar-refractivity contribution in [2.45, 2.75) is 83.6 Å². The number of aromatic nitrogens is 2. The summed E-state index contributed by atoms with van der Waals surface area (Å²) < 4.78 is 21.3. The van der Waals surface area contributed by atoms with Crippen LogP contribution in [0.2, 0.25) is 0 Å². The fourth-order valence-electron chi connectivity index (χ4n) is 5.61. The van der Waals surface area contributed by atoms with Crippen LogP contribution in [0, 0.1) is 5.82 Å². The minimum absolute atomic E-state index is 0.177. The van der Waals surface area contributed by atoms with E-state index in [4.69, 9.17) is 4.74 Å². The van der Waals surface area contributed by atoms with Crippen molar-refractivity contribution >= 4 is 17.7 Å². The molecule has 2 N–H and O–H groups in total. The Balaban J connectivity index is 1.53. The zero-order valence-electron chi connectivity index (χ0n) is 24.6. The second kappa shape index (κ2) is 14.0. The summed E-state index contributed by atoms with van der Waals surface area (Å²) in [5.74, 6) is -0.0528. The third kappa shape index (κ3) is 7.51. The summed E-state index contributed by atoms with van der Waals surface area (Å²) in [7, 11) is 1.69. The third-order valence-electron chi connectivity index (χ3n) is 8.13. The van der Waals surface area contributed by atoms with Gasteiger partial charge in [-0.1, -0.05) is 12.1 Å². The minimum atomic E-state index is -0.849. The predicted molar refractivity (Wildman–Crippen MR) is 153 cm³/mol. The molecule has 224 valence electrons. The van der Waals surface area contributed by atoms with E-state index < -0.39 is 18.2 Å². The van der Waals surface area contributed by atoms with Crippen molar-refractivity contribution in [2.75, 3.05) is 33.3 Å². The van der Waals surface area contributed by atoms with Crippen molar-refractivity contribution in [3.63, 3.8) is 0 Å². The molecule has 1 aromatic carbocycles. The minimum Gasteiger partial charge on any atom is -0.376 e. The fraction of sp³-hybridized carbons (Fsp3) is 0.600. The van der Waals surface area contributed by atoms with E-state index in [1.165, 1.54) is 12.1 Å². The van der Waals surface area contributed by atoms with Crippen molar-refractivity contribution in [2.24, 2.45) is 0 Å². The van der Waals surface area contributed by atoms with Gasteiger partial charge in [0.05, 0.1) is 12.1 Å². The van der Waals surface area contributed by atoms with Gasteiger partial charge in [0, 0.05) is 51.4 Å². The number of nitrogens with zero attached hydrogens (tertiary/aromatic N) is 4. The van der Waals surface area contributed by atoms with E-state index in [-0.39, 0.29) is 29.6 Å². The number of nitrogens with one attached hydrogen (secondary N) is 2. The SMILES string of the molecule is CCO[C@H](C)[C@H](NC(=O)[C@H](C)NC)C(=O)N1CCCC1CN(CCc1ccc(F)cc1)C(=O)c1cn2c(n1)CCC2. The van der Waals surface area contributed by atoms with Crippen LogP contribution in [-0.2, 0) is 33.7 Å². The second-order valence-electron chi connectivity index (χ2n) is 11.0. The molecule has 41 heavy (non-hydrogen) atoms. The standard InChI is InChI=1S/C30H43FN6O4/c1-5-41-21(3)27(34-28(38)20(2)32-4)30(40)37-16-6-8-24(37)18-36(17-14-22-10-12-23(31)13-11-22)29(39)25-19-35-15-7-9-26(35)33-25/h10-13,19-21,24,27,32H,5-9,14-18H2,1-4H3,(H,34,38)/t20-,21+,24?,27-/m0/s1. The molecule has 10 nitrogen and oxygen atoms in total. The molecule has 4 rings (SSSR count). The molecule has 2 aliphatic rings. The maximum atomic E-state index is 13.9. The molecule has 2 aromatic rings. The van der Waals surface area contributed by atoms with Crippen LogP contribution in [0.1, 0.15) is 61.9 Å². The van der Waals surface area contributed by atoms with Gasteiger partial charge in [0.15, 0.2) is 0 Å². The van der Waals surface area contributed by atoms with Gasteiger partial charge < -0.3 is 29.7 Å². The highest BCUT2D eigenvalue weighted by Gasteiger charge is 2.38. The first-order valence-corrected chi connectivity index (χ1v) is 14.7. The van der Waals surface area contributed by atoms with Crippen molar-refractivity contribution < 1.29 is 23.5 Å². The van der Waals surface area contributed by atoms with E-state index in [0.29, 0.717) is 38.4 Å². The number of halogens is 1. The van der Waals surface area contributed by atoms with Crippen LogP contribution in [0.5, 0.6) is 0 Å². The number of rotatable bonds is 13.